The molecule has 0 radical (unpaired) electrons. The Morgan fingerprint density at radius 1 is 1.54 bits per heavy atom. The molecule has 1 aromatic heterocycles. The third-order valence-electron chi connectivity index (χ3n) is 1.36. The van der Waals surface area contributed by atoms with Gasteiger partial charge >= 0.3 is 13.6 Å². The maximum Gasteiger partial charge on any atom is 0.354 e. The molecule has 0 saturated carbocycles. The fraction of sp³-hybridized carbons (Fsp3) is 0.143. The van der Waals surface area contributed by atoms with Crippen LogP contribution in [0, 0.1) is 0 Å². The van der Waals surface area contributed by atoms with Crippen molar-refractivity contribution in [3.63, 3.8) is 0 Å². The van der Waals surface area contributed by atoms with Crippen molar-refractivity contribution < 1.29 is 19.0 Å². The van der Waals surface area contributed by atoms with Gasteiger partial charge in [-0.25, -0.2) is 18.9 Å². The first-order chi connectivity index (χ1) is 6.09. The van der Waals surface area contributed by atoms with Gasteiger partial charge in [0.15, 0.2) is 0 Å². The van der Waals surface area contributed by atoms with Gasteiger partial charge in [-0.3, -0.25) is 0 Å². The maximum absolute atomic E-state index is 10.4. The smallest absolute Gasteiger partial charge is 0.354 e. The minimum atomic E-state index is -2.53. The number of rotatable bonds is 3. The Bertz CT molecular complexity index is 391. The first-order valence-electron chi connectivity index (χ1n) is 3.39. The highest BCUT2D eigenvalue weighted by atomic mass is 31.1. The predicted molar refractivity (Wildman–Crippen MR) is 43.2 cm³/mol. The average molecular weight is 199 g/mol. The summed E-state index contributed by atoms with van der Waals surface area (Å²) in [4.78, 5) is 14.0. The first-order valence-corrected chi connectivity index (χ1v) is 4.76. The summed E-state index contributed by atoms with van der Waals surface area (Å²) in [5.74, 6) is -1.16. The lowest BCUT2D eigenvalue weighted by Gasteiger charge is -1.95. The molecule has 0 amide bonds. The Labute approximate surface area is 74.2 Å². The van der Waals surface area contributed by atoms with Gasteiger partial charge in [0.2, 0.25) is 0 Å². The number of nitrogens with zero attached hydrogens (tertiary/aromatic N) is 1. The summed E-state index contributed by atoms with van der Waals surface area (Å²) in [7, 11) is -2.53. The molecule has 1 rings (SSSR count). The molecular formula is C7H6NO4P. The van der Waals surface area contributed by atoms with E-state index >= 15 is 0 Å². The largest absolute Gasteiger partial charge is 0.477 e. The van der Waals surface area contributed by atoms with Crippen LogP contribution in [0.5, 0.6) is 0 Å². The predicted octanol–water partition coefficient (Wildman–Crippen LogP) is 1.45. The Morgan fingerprint density at radius 2 is 2.23 bits per heavy atom. The van der Waals surface area contributed by atoms with Crippen molar-refractivity contribution in [3.8, 4) is 0 Å². The summed E-state index contributed by atoms with van der Waals surface area (Å²) < 4.78 is 20.6. The van der Waals surface area contributed by atoms with Crippen molar-refractivity contribution >= 4 is 13.6 Å². The summed E-state index contributed by atoms with van der Waals surface area (Å²) in [5, 5.41) is 8.53. The standard InChI is InChI=1S/C7H6NO4P/c9-7(10)6-3-5(1-2-8-6)4-13(11)12/h1-3H,4H2,(H,9,10). The normalized spacial score (nSPS) is 9.54. The summed E-state index contributed by atoms with van der Waals surface area (Å²) in [6.45, 7) is 0. The molecule has 0 atom stereocenters. The molecule has 0 spiro atoms. The minimum Gasteiger partial charge on any atom is -0.477 e. The van der Waals surface area contributed by atoms with E-state index in [2.05, 4.69) is 4.98 Å². The molecule has 6 heteroatoms. The number of carboxylic acid groups (broad SMARTS) is 1. The summed E-state index contributed by atoms with van der Waals surface area (Å²) in [6.07, 6.45) is 1.12. The Hall–Kier alpha value is -1.48. The van der Waals surface area contributed by atoms with Crippen molar-refractivity contribution in [2.24, 2.45) is 0 Å². The van der Waals surface area contributed by atoms with E-state index in [1.807, 2.05) is 0 Å². The average Bonchev–Trinajstić information content (AvgIpc) is 2.03. The van der Waals surface area contributed by atoms with Crippen LogP contribution in [-0.4, -0.2) is 16.1 Å². The Balaban J connectivity index is 2.98. The van der Waals surface area contributed by atoms with Crippen LogP contribution in [0.1, 0.15) is 16.1 Å². The van der Waals surface area contributed by atoms with Crippen molar-refractivity contribution in [3.05, 3.63) is 29.6 Å². The molecule has 1 heterocycles. The van der Waals surface area contributed by atoms with Gasteiger partial charge in [-0.15, -0.1) is 0 Å². The number of pyridine rings is 1. The van der Waals surface area contributed by atoms with Gasteiger partial charge in [-0.1, -0.05) is 0 Å². The van der Waals surface area contributed by atoms with Crippen LogP contribution >= 0.6 is 7.68 Å². The third-order valence-corrected chi connectivity index (χ3v) is 1.98. The molecule has 1 N–H and O–H groups in total. The van der Waals surface area contributed by atoms with Gasteiger partial charge in [0, 0.05) is 6.20 Å². The second-order valence-corrected chi connectivity index (χ2v) is 3.33. The molecule has 0 unspecified atom stereocenters. The number of carbonyl (C=O) groups is 1. The van der Waals surface area contributed by atoms with Crippen molar-refractivity contribution in [1.29, 1.82) is 0 Å². The zero-order valence-electron chi connectivity index (χ0n) is 6.51. The molecule has 0 aliphatic rings. The molecule has 0 aliphatic carbocycles. The Morgan fingerprint density at radius 3 is 2.77 bits per heavy atom. The van der Waals surface area contributed by atoms with E-state index in [-0.39, 0.29) is 11.9 Å². The maximum atomic E-state index is 10.4. The third kappa shape index (κ3) is 2.80. The second kappa shape index (κ2) is 3.96. The summed E-state index contributed by atoms with van der Waals surface area (Å²) in [6, 6.07) is 2.71. The highest BCUT2D eigenvalue weighted by Gasteiger charge is 2.05. The van der Waals surface area contributed by atoms with Crippen molar-refractivity contribution in [2.45, 2.75) is 6.16 Å². The molecular weight excluding hydrogens is 193 g/mol. The molecule has 0 aliphatic heterocycles. The quantitative estimate of drug-likeness (QED) is 0.744. The van der Waals surface area contributed by atoms with Crippen LogP contribution in [0.25, 0.3) is 0 Å². The van der Waals surface area contributed by atoms with Gasteiger partial charge in [-0.05, 0) is 17.7 Å². The monoisotopic (exact) mass is 199 g/mol. The number of hydrogen-bond donors (Lipinski definition) is 1. The molecule has 68 valence electrons. The van der Waals surface area contributed by atoms with Gasteiger partial charge in [0.25, 0.3) is 0 Å². The highest BCUT2D eigenvalue weighted by molar-refractivity contribution is 7.29. The van der Waals surface area contributed by atoms with Crippen LogP contribution < -0.4 is 0 Å². The molecule has 1 aromatic rings. The zero-order valence-corrected chi connectivity index (χ0v) is 7.40. The molecule has 0 saturated heterocycles. The first kappa shape index (κ1) is 9.61. The van der Waals surface area contributed by atoms with Crippen LogP contribution in [0.4, 0.5) is 0 Å². The van der Waals surface area contributed by atoms with Crippen LogP contribution in [0.2, 0.25) is 0 Å². The lowest BCUT2D eigenvalue weighted by atomic mass is 10.2. The molecule has 0 bridgehead atoms. The Kier molecular flexibility index (Phi) is 2.93. The van der Waals surface area contributed by atoms with Crippen LogP contribution in [-0.2, 0) is 15.3 Å². The lowest BCUT2D eigenvalue weighted by Crippen LogP contribution is -2.00. The minimum absolute atomic E-state index is 0.144. The molecule has 13 heavy (non-hydrogen) atoms. The van der Waals surface area contributed by atoms with E-state index in [0.29, 0.717) is 5.56 Å². The zero-order chi connectivity index (χ0) is 9.84. The molecule has 0 aromatic carbocycles. The van der Waals surface area contributed by atoms with E-state index in [1.165, 1.54) is 18.3 Å². The van der Waals surface area contributed by atoms with E-state index in [0.717, 1.165) is 0 Å². The summed E-state index contributed by atoms with van der Waals surface area (Å²) >= 11 is 0. The summed E-state index contributed by atoms with van der Waals surface area (Å²) in [5.41, 5.74) is 0.290. The van der Waals surface area contributed by atoms with Crippen LogP contribution in [0.15, 0.2) is 18.3 Å². The number of aromatic nitrogens is 1. The van der Waals surface area contributed by atoms with E-state index in [1.54, 1.807) is 0 Å². The van der Waals surface area contributed by atoms with Crippen molar-refractivity contribution in [1.82, 2.24) is 4.98 Å². The SMILES string of the molecule is O=C(O)c1cc(CP(=O)=O)ccn1. The van der Waals surface area contributed by atoms with Crippen molar-refractivity contribution in [2.75, 3.05) is 0 Å². The molecule has 0 fully saturated rings. The van der Waals surface area contributed by atoms with Gasteiger partial charge in [-0.2, -0.15) is 0 Å². The lowest BCUT2D eigenvalue weighted by molar-refractivity contribution is 0.0690. The highest BCUT2D eigenvalue weighted by Crippen LogP contribution is 2.14. The topological polar surface area (TPSA) is 84.3 Å². The van der Waals surface area contributed by atoms with Crippen LogP contribution in [0.3, 0.4) is 0 Å². The fourth-order valence-electron chi connectivity index (χ4n) is 0.839. The van der Waals surface area contributed by atoms with E-state index in [4.69, 9.17) is 5.11 Å². The second-order valence-electron chi connectivity index (χ2n) is 2.35. The molecule has 5 nitrogen and oxygen atoms in total. The van der Waals surface area contributed by atoms with E-state index < -0.39 is 13.6 Å². The van der Waals surface area contributed by atoms with Gasteiger partial charge in [0.05, 0.1) is 6.16 Å². The van der Waals surface area contributed by atoms with E-state index in [9.17, 15) is 13.9 Å². The fourth-order valence-corrected chi connectivity index (χ4v) is 1.33. The number of hydrogen-bond acceptors (Lipinski definition) is 4. The van der Waals surface area contributed by atoms with Gasteiger partial charge in [0.1, 0.15) is 5.69 Å². The van der Waals surface area contributed by atoms with Gasteiger partial charge < -0.3 is 5.11 Å². The number of aromatic carboxylic acids is 1. The number of carboxylic acids is 1.